The Labute approximate surface area is 71.6 Å². The van der Waals surface area contributed by atoms with Gasteiger partial charge in [-0.2, -0.15) is 0 Å². The Kier molecular flexibility index (Phi) is 3.69. The van der Waals surface area contributed by atoms with Gasteiger partial charge in [0.2, 0.25) is 0 Å². The summed E-state index contributed by atoms with van der Waals surface area (Å²) in [5.74, 6) is 0. The summed E-state index contributed by atoms with van der Waals surface area (Å²) in [6.07, 6.45) is 0.127. The first-order valence-electron chi connectivity index (χ1n) is 3.50. The van der Waals surface area contributed by atoms with E-state index in [4.69, 9.17) is 9.94 Å². The van der Waals surface area contributed by atoms with Gasteiger partial charge in [0.05, 0.1) is 0 Å². The topological polar surface area (TPSA) is 62.1 Å². The van der Waals surface area contributed by atoms with E-state index in [1.807, 2.05) is 0 Å². The summed E-state index contributed by atoms with van der Waals surface area (Å²) in [6, 6.07) is 0. The monoisotopic (exact) mass is 174 g/mol. The molecule has 0 heterocycles. The van der Waals surface area contributed by atoms with Gasteiger partial charge in [-0.25, -0.2) is 4.79 Å². The van der Waals surface area contributed by atoms with Gasteiger partial charge >= 0.3 is 6.09 Å². The molecule has 0 atom stereocenters. The van der Waals surface area contributed by atoms with Crippen molar-refractivity contribution in [2.75, 3.05) is 7.05 Å². The first-order chi connectivity index (χ1) is 5.37. The van der Waals surface area contributed by atoms with Gasteiger partial charge < -0.3 is 4.74 Å². The molecular formula is C7H14N2O3. The van der Waals surface area contributed by atoms with Crippen LogP contribution in [0.5, 0.6) is 0 Å². The SMILES string of the molecule is C/N=C\N(O)C(=O)OC(C)(C)C. The number of hydrogen-bond donors (Lipinski definition) is 1. The molecule has 0 radical (unpaired) electrons. The average Bonchev–Trinajstić information content (AvgIpc) is 1.84. The molecule has 0 aromatic heterocycles. The molecule has 0 bridgehead atoms. The fourth-order valence-corrected chi connectivity index (χ4v) is 0.465. The molecule has 0 unspecified atom stereocenters. The molecule has 70 valence electrons. The van der Waals surface area contributed by atoms with Crippen molar-refractivity contribution in [3.05, 3.63) is 0 Å². The highest BCUT2D eigenvalue weighted by Gasteiger charge is 2.19. The van der Waals surface area contributed by atoms with Gasteiger partial charge in [-0.05, 0) is 20.8 Å². The zero-order valence-corrected chi connectivity index (χ0v) is 7.74. The summed E-state index contributed by atoms with van der Waals surface area (Å²) >= 11 is 0. The Hall–Kier alpha value is -1.10. The predicted octanol–water partition coefficient (Wildman–Crippen LogP) is 1.27. The fourth-order valence-electron chi connectivity index (χ4n) is 0.465. The molecule has 12 heavy (non-hydrogen) atoms. The van der Waals surface area contributed by atoms with E-state index in [-0.39, 0.29) is 0 Å². The summed E-state index contributed by atoms with van der Waals surface area (Å²) in [4.78, 5) is 14.3. The van der Waals surface area contributed by atoms with E-state index in [1.54, 1.807) is 20.8 Å². The summed E-state index contributed by atoms with van der Waals surface area (Å²) < 4.78 is 4.80. The molecular weight excluding hydrogens is 160 g/mol. The molecule has 1 amide bonds. The lowest BCUT2D eigenvalue weighted by atomic mass is 10.2. The quantitative estimate of drug-likeness (QED) is 0.282. The molecule has 0 aliphatic rings. The number of nitrogens with zero attached hydrogens (tertiary/aromatic N) is 2. The van der Waals surface area contributed by atoms with Crippen molar-refractivity contribution in [2.45, 2.75) is 26.4 Å². The number of hydrogen-bond acceptors (Lipinski definition) is 4. The Balaban J connectivity index is 4.05. The van der Waals surface area contributed by atoms with Crippen molar-refractivity contribution in [2.24, 2.45) is 4.99 Å². The first-order valence-corrected chi connectivity index (χ1v) is 3.50. The van der Waals surface area contributed by atoms with Crippen molar-refractivity contribution < 1.29 is 14.7 Å². The number of carbonyl (C=O) groups is 1. The zero-order valence-electron chi connectivity index (χ0n) is 7.74. The summed E-state index contributed by atoms with van der Waals surface area (Å²) in [7, 11) is 1.44. The van der Waals surface area contributed by atoms with Crippen LogP contribution in [0.15, 0.2) is 4.99 Å². The maximum Gasteiger partial charge on any atom is 0.440 e. The largest absolute Gasteiger partial charge is 0.442 e. The zero-order chi connectivity index (χ0) is 9.78. The Morgan fingerprint density at radius 1 is 1.58 bits per heavy atom. The van der Waals surface area contributed by atoms with Gasteiger partial charge in [0.1, 0.15) is 11.9 Å². The third-order valence-corrected chi connectivity index (χ3v) is 0.805. The van der Waals surface area contributed by atoms with Crippen LogP contribution in [0.4, 0.5) is 4.79 Å². The molecule has 0 saturated carbocycles. The number of amides is 1. The van der Waals surface area contributed by atoms with Crippen molar-refractivity contribution in [1.82, 2.24) is 5.06 Å². The maximum absolute atomic E-state index is 10.9. The minimum atomic E-state index is -0.840. The lowest BCUT2D eigenvalue weighted by Crippen LogP contribution is -2.33. The summed E-state index contributed by atoms with van der Waals surface area (Å²) in [5, 5.41) is 9.19. The van der Waals surface area contributed by atoms with Crippen LogP contribution in [0.25, 0.3) is 0 Å². The van der Waals surface area contributed by atoms with Crippen molar-refractivity contribution in [1.29, 1.82) is 0 Å². The molecule has 5 nitrogen and oxygen atoms in total. The highest BCUT2D eigenvalue weighted by molar-refractivity contribution is 5.80. The van der Waals surface area contributed by atoms with Crippen LogP contribution in [-0.2, 0) is 4.74 Å². The van der Waals surface area contributed by atoms with E-state index >= 15 is 0 Å². The second kappa shape index (κ2) is 4.06. The predicted molar refractivity (Wildman–Crippen MR) is 44.3 cm³/mol. The van der Waals surface area contributed by atoms with Gasteiger partial charge in [0, 0.05) is 7.05 Å². The average molecular weight is 174 g/mol. The fraction of sp³-hybridized carbons (Fsp3) is 0.714. The number of aliphatic imine (C=N–C) groups is 1. The lowest BCUT2D eigenvalue weighted by molar-refractivity contribution is -0.0434. The van der Waals surface area contributed by atoms with Gasteiger partial charge in [0.15, 0.2) is 0 Å². The van der Waals surface area contributed by atoms with Crippen LogP contribution in [0, 0.1) is 0 Å². The molecule has 1 N–H and O–H groups in total. The molecule has 0 spiro atoms. The Morgan fingerprint density at radius 3 is 2.42 bits per heavy atom. The highest BCUT2D eigenvalue weighted by Crippen LogP contribution is 2.07. The smallest absolute Gasteiger partial charge is 0.440 e. The van der Waals surface area contributed by atoms with Crippen LogP contribution in [-0.4, -0.2) is 35.4 Å². The summed E-state index contributed by atoms with van der Waals surface area (Å²) in [5.41, 5.74) is -0.611. The highest BCUT2D eigenvalue weighted by atomic mass is 16.6. The lowest BCUT2D eigenvalue weighted by Gasteiger charge is -2.21. The van der Waals surface area contributed by atoms with Crippen LogP contribution < -0.4 is 0 Å². The third-order valence-electron chi connectivity index (χ3n) is 0.805. The summed E-state index contributed by atoms with van der Waals surface area (Å²) in [6.45, 7) is 5.13. The molecule has 0 aliphatic carbocycles. The van der Waals surface area contributed by atoms with Crippen LogP contribution in [0.2, 0.25) is 0 Å². The molecule has 0 fully saturated rings. The van der Waals surface area contributed by atoms with Crippen LogP contribution in [0.3, 0.4) is 0 Å². The number of carbonyl (C=O) groups excluding carboxylic acids is 1. The molecule has 0 aromatic rings. The van der Waals surface area contributed by atoms with E-state index in [1.165, 1.54) is 7.05 Å². The molecule has 0 aromatic carbocycles. The van der Waals surface area contributed by atoms with Crippen LogP contribution in [0.1, 0.15) is 20.8 Å². The third kappa shape index (κ3) is 4.68. The Bertz CT molecular complexity index is 184. The van der Waals surface area contributed by atoms with Gasteiger partial charge in [-0.3, -0.25) is 10.2 Å². The van der Waals surface area contributed by atoms with Gasteiger partial charge in [-0.1, -0.05) is 0 Å². The second-order valence-electron chi connectivity index (χ2n) is 3.20. The molecule has 0 saturated heterocycles. The van der Waals surface area contributed by atoms with E-state index in [2.05, 4.69) is 4.99 Å². The van der Waals surface area contributed by atoms with E-state index in [0.29, 0.717) is 5.06 Å². The normalized spacial score (nSPS) is 11.8. The molecule has 0 aliphatic heterocycles. The van der Waals surface area contributed by atoms with Crippen LogP contribution >= 0.6 is 0 Å². The minimum Gasteiger partial charge on any atom is -0.442 e. The van der Waals surface area contributed by atoms with E-state index in [9.17, 15) is 4.79 Å². The van der Waals surface area contributed by atoms with E-state index < -0.39 is 11.7 Å². The molecule has 5 heteroatoms. The standard InChI is InChI=1S/C7H14N2O3/c1-7(2,3)12-6(10)9(11)5-8-4/h5,11H,1-4H3/b8-5-. The Morgan fingerprint density at radius 2 is 2.08 bits per heavy atom. The minimum absolute atomic E-state index is 0.297. The number of rotatable bonds is 1. The maximum atomic E-state index is 10.9. The van der Waals surface area contributed by atoms with E-state index in [0.717, 1.165) is 6.34 Å². The van der Waals surface area contributed by atoms with Gasteiger partial charge in [-0.15, -0.1) is 5.06 Å². The molecule has 0 rings (SSSR count). The number of ether oxygens (including phenoxy) is 1. The van der Waals surface area contributed by atoms with Crippen molar-refractivity contribution in [3.63, 3.8) is 0 Å². The second-order valence-corrected chi connectivity index (χ2v) is 3.20. The number of hydroxylamine groups is 2. The van der Waals surface area contributed by atoms with Gasteiger partial charge in [0.25, 0.3) is 0 Å². The van der Waals surface area contributed by atoms with Crippen molar-refractivity contribution in [3.8, 4) is 0 Å². The first kappa shape index (κ1) is 10.9. The van der Waals surface area contributed by atoms with Crippen molar-refractivity contribution >= 4 is 12.4 Å².